The van der Waals surface area contributed by atoms with Crippen molar-refractivity contribution in [2.24, 2.45) is 0 Å². The summed E-state index contributed by atoms with van der Waals surface area (Å²) >= 11 is 5.67. The minimum atomic E-state index is -3.23. The molecule has 0 heterocycles. The monoisotopic (exact) mass is 308 g/mol. The third kappa shape index (κ3) is 6.00. The molecule has 0 radical (unpaired) electrons. The molecule has 0 saturated heterocycles. The Morgan fingerprint density at radius 2 is 2.05 bits per heavy atom. The fourth-order valence-corrected chi connectivity index (χ4v) is 2.00. The maximum atomic E-state index is 13.3. The van der Waals surface area contributed by atoms with Crippen LogP contribution in [0.15, 0.2) is 18.2 Å². The third-order valence-electron chi connectivity index (χ3n) is 2.18. The van der Waals surface area contributed by atoms with Gasteiger partial charge in [-0.15, -0.1) is 0 Å². The fraction of sp³-hybridized carbons (Fsp3) is 0.364. The van der Waals surface area contributed by atoms with E-state index in [4.69, 9.17) is 11.6 Å². The molecule has 19 heavy (non-hydrogen) atoms. The minimum absolute atomic E-state index is 0.136. The zero-order valence-electron chi connectivity index (χ0n) is 10.2. The van der Waals surface area contributed by atoms with Crippen molar-refractivity contribution >= 4 is 27.5 Å². The van der Waals surface area contributed by atoms with Gasteiger partial charge in [0.15, 0.2) is 0 Å². The van der Waals surface area contributed by atoms with Gasteiger partial charge in [-0.05, 0) is 24.6 Å². The molecular weight excluding hydrogens is 295 g/mol. The van der Waals surface area contributed by atoms with Gasteiger partial charge in [-0.3, -0.25) is 4.79 Å². The molecule has 8 heteroatoms. The molecule has 1 rings (SSSR count). The molecule has 0 aliphatic carbocycles. The average Bonchev–Trinajstić information content (AvgIpc) is 2.30. The Morgan fingerprint density at radius 3 is 2.68 bits per heavy atom. The lowest BCUT2D eigenvalue weighted by atomic mass is 10.2. The SMILES string of the molecule is CS(=O)(=O)NCCCNC(=O)c1cc(Cl)ccc1F. The van der Waals surface area contributed by atoms with Crippen LogP contribution in [0.5, 0.6) is 0 Å². The second-order valence-electron chi connectivity index (χ2n) is 3.90. The van der Waals surface area contributed by atoms with Crippen molar-refractivity contribution in [2.45, 2.75) is 6.42 Å². The van der Waals surface area contributed by atoms with E-state index >= 15 is 0 Å². The van der Waals surface area contributed by atoms with Gasteiger partial charge in [0.1, 0.15) is 5.82 Å². The summed E-state index contributed by atoms with van der Waals surface area (Å²) < 4.78 is 37.2. The Bertz CT molecular complexity index is 563. The third-order valence-corrected chi connectivity index (χ3v) is 3.14. The number of hydrogen-bond donors (Lipinski definition) is 2. The number of carbonyl (C=O) groups excluding carboxylic acids is 1. The lowest BCUT2D eigenvalue weighted by molar-refractivity contribution is 0.0949. The molecule has 1 aromatic rings. The summed E-state index contributed by atoms with van der Waals surface area (Å²) in [5, 5.41) is 2.75. The molecule has 1 aromatic carbocycles. The number of sulfonamides is 1. The van der Waals surface area contributed by atoms with Crippen LogP contribution in [-0.4, -0.2) is 33.7 Å². The van der Waals surface area contributed by atoms with E-state index in [1.807, 2.05) is 0 Å². The summed E-state index contributed by atoms with van der Waals surface area (Å²) in [5.74, 6) is -1.24. The molecule has 0 aliphatic heterocycles. The summed E-state index contributed by atoms with van der Waals surface area (Å²) in [6.07, 6.45) is 1.45. The number of halogens is 2. The van der Waals surface area contributed by atoms with Crippen molar-refractivity contribution in [3.8, 4) is 0 Å². The maximum Gasteiger partial charge on any atom is 0.254 e. The van der Waals surface area contributed by atoms with Gasteiger partial charge in [-0.25, -0.2) is 17.5 Å². The standard InChI is InChI=1S/C11H14ClFN2O3S/c1-19(17,18)15-6-2-5-14-11(16)9-7-8(12)3-4-10(9)13/h3-4,7,15H,2,5-6H2,1H3,(H,14,16). The summed E-state index contributed by atoms with van der Waals surface area (Å²) in [6, 6.07) is 3.70. The number of benzene rings is 1. The molecule has 0 atom stereocenters. The van der Waals surface area contributed by atoms with E-state index in [9.17, 15) is 17.6 Å². The quantitative estimate of drug-likeness (QED) is 0.774. The van der Waals surface area contributed by atoms with E-state index in [1.54, 1.807) is 0 Å². The Balaban J connectivity index is 2.42. The van der Waals surface area contributed by atoms with Crippen molar-refractivity contribution in [3.05, 3.63) is 34.6 Å². The van der Waals surface area contributed by atoms with E-state index in [0.29, 0.717) is 6.42 Å². The van der Waals surface area contributed by atoms with Gasteiger partial charge in [0.25, 0.3) is 5.91 Å². The van der Waals surface area contributed by atoms with E-state index in [1.165, 1.54) is 12.1 Å². The Labute approximate surface area is 116 Å². The van der Waals surface area contributed by atoms with E-state index in [2.05, 4.69) is 10.0 Å². The van der Waals surface area contributed by atoms with Gasteiger partial charge in [-0.2, -0.15) is 0 Å². The highest BCUT2D eigenvalue weighted by Gasteiger charge is 2.11. The first kappa shape index (κ1) is 15.9. The first-order valence-electron chi connectivity index (χ1n) is 5.47. The number of rotatable bonds is 6. The molecule has 0 spiro atoms. The molecule has 0 fully saturated rings. The predicted octanol–water partition coefficient (Wildman–Crippen LogP) is 1.15. The highest BCUT2D eigenvalue weighted by molar-refractivity contribution is 7.88. The number of carbonyl (C=O) groups is 1. The summed E-state index contributed by atoms with van der Waals surface area (Å²) in [4.78, 5) is 11.6. The van der Waals surface area contributed by atoms with Crippen molar-refractivity contribution in [1.82, 2.24) is 10.0 Å². The van der Waals surface area contributed by atoms with Crippen LogP contribution >= 0.6 is 11.6 Å². The van der Waals surface area contributed by atoms with Crippen molar-refractivity contribution in [1.29, 1.82) is 0 Å². The lowest BCUT2D eigenvalue weighted by Gasteiger charge is -2.06. The van der Waals surface area contributed by atoms with Gasteiger partial charge >= 0.3 is 0 Å². The van der Waals surface area contributed by atoms with E-state index in [-0.39, 0.29) is 23.7 Å². The van der Waals surface area contributed by atoms with Crippen LogP contribution in [0.4, 0.5) is 4.39 Å². The Kier molecular flexibility index (Phi) is 5.71. The van der Waals surface area contributed by atoms with Gasteiger partial charge < -0.3 is 5.32 Å². The normalized spacial score (nSPS) is 11.3. The second-order valence-corrected chi connectivity index (χ2v) is 6.17. The minimum Gasteiger partial charge on any atom is -0.352 e. The zero-order valence-corrected chi connectivity index (χ0v) is 11.8. The van der Waals surface area contributed by atoms with Crippen LogP contribution in [0, 0.1) is 5.82 Å². The summed E-state index contributed by atoms with van der Waals surface area (Å²) in [6.45, 7) is 0.435. The molecule has 0 aliphatic rings. The van der Waals surface area contributed by atoms with Gasteiger partial charge in [-0.1, -0.05) is 11.6 Å². The van der Waals surface area contributed by atoms with Crippen molar-refractivity contribution in [2.75, 3.05) is 19.3 Å². The first-order chi connectivity index (χ1) is 8.79. The van der Waals surface area contributed by atoms with E-state index in [0.717, 1.165) is 12.3 Å². The van der Waals surface area contributed by atoms with Crippen LogP contribution in [0.25, 0.3) is 0 Å². The summed E-state index contributed by atoms with van der Waals surface area (Å²) in [5.41, 5.74) is -0.136. The van der Waals surface area contributed by atoms with Gasteiger partial charge in [0.05, 0.1) is 11.8 Å². The molecule has 0 bridgehead atoms. The first-order valence-corrected chi connectivity index (χ1v) is 7.74. The van der Waals surface area contributed by atoms with Crippen LogP contribution < -0.4 is 10.0 Å². The molecule has 106 valence electrons. The molecule has 0 aromatic heterocycles. The van der Waals surface area contributed by atoms with E-state index < -0.39 is 21.7 Å². The molecule has 2 N–H and O–H groups in total. The lowest BCUT2D eigenvalue weighted by Crippen LogP contribution is -2.29. The number of nitrogens with one attached hydrogen (secondary N) is 2. The maximum absolute atomic E-state index is 13.3. The number of amides is 1. The summed E-state index contributed by atoms with van der Waals surface area (Å²) in [7, 11) is -3.23. The average molecular weight is 309 g/mol. The number of hydrogen-bond acceptors (Lipinski definition) is 3. The van der Waals surface area contributed by atoms with Gasteiger partial charge in [0.2, 0.25) is 10.0 Å². The Morgan fingerprint density at radius 1 is 1.37 bits per heavy atom. The van der Waals surface area contributed by atoms with Gasteiger partial charge in [0, 0.05) is 18.1 Å². The fourth-order valence-electron chi connectivity index (χ4n) is 1.31. The Hall–Kier alpha value is -1.18. The van der Waals surface area contributed by atoms with Crippen molar-refractivity contribution in [3.63, 3.8) is 0 Å². The largest absolute Gasteiger partial charge is 0.352 e. The smallest absolute Gasteiger partial charge is 0.254 e. The second kappa shape index (κ2) is 6.83. The van der Waals surface area contributed by atoms with Crippen LogP contribution in [0.3, 0.4) is 0 Å². The van der Waals surface area contributed by atoms with Crippen LogP contribution in [-0.2, 0) is 10.0 Å². The molecule has 1 amide bonds. The highest BCUT2D eigenvalue weighted by Crippen LogP contribution is 2.14. The molecular formula is C11H14ClFN2O3S. The molecule has 5 nitrogen and oxygen atoms in total. The van der Waals surface area contributed by atoms with Crippen molar-refractivity contribution < 1.29 is 17.6 Å². The topological polar surface area (TPSA) is 75.3 Å². The van der Waals surface area contributed by atoms with Crippen LogP contribution in [0.1, 0.15) is 16.8 Å². The zero-order chi connectivity index (χ0) is 14.5. The highest BCUT2D eigenvalue weighted by atomic mass is 35.5. The predicted molar refractivity (Wildman–Crippen MR) is 71.2 cm³/mol. The molecule has 0 saturated carbocycles. The van der Waals surface area contributed by atoms with Crippen LogP contribution in [0.2, 0.25) is 5.02 Å². The molecule has 0 unspecified atom stereocenters.